The molecular weight excluding hydrogens is 194 g/mol. The van der Waals surface area contributed by atoms with Gasteiger partial charge in [0.1, 0.15) is 0 Å². The maximum absolute atomic E-state index is 3.72. The van der Waals surface area contributed by atoms with E-state index >= 15 is 0 Å². The average molecular weight is 223 g/mol. The minimum absolute atomic E-state index is 0.642. The normalized spacial score (nSPS) is 37.1. The second-order valence-electron chi connectivity index (χ2n) is 6.58. The highest BCUT2D eigenvalue weighted by Crippen LogP contribution is 2.63. The van der Waals surface area contributed by atoms with Crippen molar-refractivity contribution < 1.29 is 0 Å². The predicted octanol–water partition coefficient (Wildman–Crippen LogP) is 3.84. The fraction of sp³-hybridized carbons (Fsp3) is 1.00. The molecule has 2 unspecified atom stereocenters. The quantitative estimate of drug-likeness (QED) is 0.721. The minimum atomic E-state index is 0.642. The molecule has 1 N–H and O–H groups in total. The molecule has 1 nitrogen and oxygen atoms in total. The Bertz CT molecular complexity index is 220. The summed E-state index contributed by atoms with van der Waals surface area (Å²) in [6.07, 6.45) is 7.32. The molecule has 0 heterocycles. The third-order valence-corrected chi connectivity index (χ3v) is 5.12. The van der Waals surface area contributed by atoms with Gasteiger partial charge in [-0.2, -0.15) is 0 Å². The molecular formula is C15H29N. The summed E-state index contributed by atoms with van der Waals surface area (Å²) in [5.41, 5.74) is 0.654. The van der Waals surface area contributed by atoms with Crippen molar-refractivity contribution in [3.05, 3.63) is 0 Å². The van der Waals surface area contributed by atoms with Crippen molar-refractivity contribution in [1.29, 1.82) is 0 Å². The van der Waals surface area contributed by atoms with Crippen LogP contribution in [0.15, 0.2) is 0 Å². The molecule has 2 aliphatic carbocycles. The van der Waals surface area contributed by atoms with Crippen LogP contribution in [0.4, 0.5) is 0 Å². The highest BCUT2D eigenvalue weighted by molar-refractivity contribution is 5.06. The molecule has 2 saturated carbocycles. The highest BCUT2D eigenvalue weighted by atomic mass is 14.9. The maximum Gasteiger partial charge on any atom is 0.00130 e. The van der Waals surface area contributed by atoms with Gasteiger partial charge in [-0.1, -0.05) is 40.5 Å². The number of hydrogen-bond donors (Lipinski definition) is 1. The summed E-state index contributed by atoms with van der Waals surface area (Å²) in [6.45, 7) is 10.6. The van der Waals surface area contributed by atoms with Crippen LogP contribution in [-0.4, -0.2) is 12.6 Å². The second kappa shape index (κ2) is 4.68. The van der Waals surface area contributed by atoms with Crippen LogP contribution >= 0.6 is 0 Å². The van der Waals surface area contributed by atoms with Gasteiger partial charge in [0.25, 0.3) is 0 Å². The number of nitrogens with one attached hydrogen (secondary N) is 1. The summed E-state index contributed by atoms with van der Waals surface area (Å²) in [5, 5.41) is 3.72. The lowest BCUT2D eigenvalue weighted by atomic mass is 9.69. The van der Waals surface area contributed by atoms with Gasteiger partial charge in [0.2, 0.25) is 0 Å². The van der Waals surface area contributed by atoms with Gasteiger partial charge in [-0.25, -0.2) is 0 Å². The average Bonchev–Trinajstić information content (AvgIpc) is 2.86. The number of rotatable bonds is 6. The van der Waals surface area contributed by atoms with Gasteiger partial charge < -0.3 is 5.32 Å². The van der Waals surface area contributed by atoms with Crippen LogP contribution < -0.4 is 5.32 Å². The summed E-state index contributed by atoms with van der Waals surface area (Å²) in [6, 6.07) is 0.642. The third-order valence-electron chi connectivity index (χ3n) is 5.12. The molecule has 0 aliphatic heterocycles. The molecule has 2 rings (SSSR count). The van der Waals surface area contributed by atoms with Crippen molar-refractivity contribution in [2.45, 2.75) is 65.8 Å². The predicted molar refractivity (Wildman–Crippen MR) is 70.5 cm³/mol. The largest absolute Gasteiger partial charge is 0.314 e. The van der Waals surface area contributed by atoms with Crippen LogP contribution in [0, 0.1) is 23.2 Å². The summed E-state index contributed by atoms with van der Waals surface area (Å²) in [5.74, 6) is 3.16. The van der Waals surface area contributed by atoms with E-state index in [9.17, 15) is 0 Å². The molecule has 0 aromatic heterocycles. The van der Waals surface area contributed by atoms with Gasteiger partial charge in [0.15, 0.2) is 0 Å². The minimum Gasteiger partial charge on any atom is -0.314 e. The topological polar surface area (TPSA) is 12.0 Å². The lowest BCUT2D eigenvalue weighted by Crippen LogP contribution is -2.41. The summed E-state index contributed by atoms with van der Waals surface area (Å²) in [7, 11) is 0. The zero-order valence-corrected chi connectivity index (χ0v) is 11.6. The third kappa shape index (κ3) is 2.30. The molecule has 0 radical (unpaired) electrons. The Labute approximate surface area is 101 Å². The molecule has 2 atom stereocenters. The smallest absolute Gasteiger partial charge is 0.00130 e. The zero-order valence-electron chi connectivity index (χ0n) is 11.6. The van der Waals surface area contributed by atoms with Crippen molar-refractivity contribution >= 4 is 0 Å². The van der Waals surface area contributed by atoms with E-state index in [1.807, 2.05) is 0 Å². The van der Waals surface area contributed by atoms with Gasteiger partial charge in [-0.15, -0.1) is 0 Å². The van der Waals surface area contributed by atoms with E-state index < -0.39 is 0 Å². The van der Waals surface area contributed by atoms with E-state index in [-0.39, 0.29) is 0 Å². The molecule has 0 saturated heterocycles. The monoisotopic (exact) mass is 223 g/mol. The second-order valence-corrected chi connectivity index (χ2v) is 6.58. The van der Waals surface area contributed by atoms with Crippen molar-refractivity contribution in [3.63, 3.8) is 0 Å². The Morgan fingerprint density at radius 3 is 2.12 bits per heavy atom. The van der Waals surface area contributed by atoms with Crippen molar-refractivity contribution in [1.82, 2.24) is 5.32 Å². The zero-order chi connectivity index (χ0) is 11.8. The van der Waals surface area contributed by atoms with E-state index in [2.05, 4.69) is 33.0 Å². The van der Waals surface area contributed by atoms with E-state index in [1.54, 1.807) is 6.42 Å². The molecule has 0 spiro atoms. The van der Waals surface area contributed by atoms with Gasteiger partial charge in [0.05, 0.1) is 0 Å². The van der Waals surface area contributed by atoms with Gasteiger partial charge in [0, 0.05) is 12.6 Å². The molecule has 2 fully saturated rings. The van der Waals surface area contributed by atoms with E-state index in [4.69, 9.17) is 0 Å². The lowest BCUT2D eigenvalue weighted by molar-refractivity contribution is 0.128. The first-order valence-corrected chi connectivity index (χ1v) is 7.34. The number of hydrogen-bond acceptors (Lipinski definition) is 1. The number of fused-ring (bicyclic) bond motifs is 1. The van der Waals surface area contributed by atoms with Crippen LogP contribution in [0.5, 0.6) is 0 Å². The van der Waals surface area contributed by atoms with Crippen LogP contribution in [0.2, 0.25) is 0 Å². The van der Waals surface area contributed by atoms with Crippen molar-refractivity contribution in [2.75, 3.05) is 6.54 Å². The Morgan fingerprint density at radius 2 is 1.69 bits per heavy atom. The summed E-state index contributed by atoms with van der Waals surface area (Å²) < 4.78 is 0. The standard InChI is InChI=1S/C15H29N/c1-5-14(6-2)15(10-16-11(3)4)8-12-7-13(12)9-15/h11-14,16H,5-10H2,1-4H3. The Balaban J connectivity index is 2.00. The SMILES string of the molecule is CCC(CC)C1(CNC(C)C)CC2CC2C1. The molecule has 0 bridgehead atoms. The van der Waals surface area contributed by atoms with Crippen LogP contribution in [-0.2, 0) is 0 Å². The highest BCUT2D eigenvalue weighted by Gasteiger charge is 2.55. The molecule has 1 heteroatoms. The first-order valence-electron chi connectivity index (χ1n) is 7.34. The fourth-order valence-electron chi connectivity index (χ4n) is 4.12. The molecule has 94 valence electrons. The molecule has 0 aromatic carbocycles. The first-order chi connectivity index (χ1) is 7.61. The van der Waals surface area contributed by atoms with Crippen molar-refractivity contribution in [3.8, 4) is 0 Å². The Morgan fingerprint density at radius 1 is 1.12 bits per heavy atom. The molecule has 16 heavy (non-hydrogen) atoms. The lowest BCUT2D eigenvalue weighted by Gasteiger charge is -2.39. The fourth-order valence-corrected chi connectivity index (χ4v) is 4.12. The van der Waals surface area contributed by atoms with Crippen LogP contribution in [0.3, 0.4) is 0 Å². The van der Waals surface area contributed by atoms with E-state index in [0.29, 0.717) is 11.5 Å². The first kappa shape index (κ1) is 12.4. The van der Waals surface area contributed by atoms with Crippen LogP contribution in [0.25, 0.3) is 0 Å². The molecule has 0 amide bonds. The summed E-state index contributed by atoms with van der Waals surface area (Å²) in [4.78, 5) is 0. The Kier molecular flexibility index (Phi) is 3.63. The van der Waals surface area contributed by atoms with Gasteiger partial charge >= 0.3 is 0 Å². The maximum atomic E-state index is 3.72. The summed E-state index contributed by atoms with van der Waals surface area (Å²) >= 11 is 0. The van der Waals surface area contributed by atoms with Crippen LogP contribution in [0.1, 0.15) is 59.8 Å². The van der Waals surface area contributed by atoms with Crippen molar-refractivity contribution in [2.24, 2.45) is 23.2 Å². The van der Waals surface area contributed by atoms with E-state index in [0.717, 1.165) is 17.8 Å². The molecule has 0 aromatic rings. The Hall–Kier alpha value is -0.0400. The van der Waals surface area contributed by atoms with Gasteiger partial charge in [-0.3, -0.25) is 0 Å². The van der Waals surface area contributed by atoms with E-state index in [1.165, 1.54) is 32.2 Å². The molecule has 2 aliphatic rings. The van der Waals surface area contributed by atoms with Gasteiger partial charge in [-0.05, 0) is 42.4 Å².